The number of aliphatic hydroxyl groups is 1. The lowest BCUT2D eigenvalue weighted by Gasteiger charge is -2.15. The van der Waals surface area contributed by atoms with E-state index in [0.717, 1.165) is 5.56 Å². The largest absolute Gasteiger partial charge is 0.388 e. The number of ether oxygens (including phenoxy) is 2. The molecular weight excluding hydrogens is 272 g/mol. The van der Waals surface area contributed by atoms with E-state index in [9.17, 15) is 13.5 Å². The minimum Gasteiger partial charge on any atom is -0.388 e. The molecule has 0 radical (unpaired) electrons. The molecule has 0 saturated carbocycles. The van der Waals surface area contributed by atoms with Gasteiger partial charge in [-0.05, 0) is 19.1 Å². The van der Waals surface area contributed by atoms with Gasteiger partial charge >= 0.3 is 0 Å². The van der Waals surface area contributed by atoms with Gasteiger partial charge in [0.2, 0.25) is 6.29 Å². The Balaban J connectivity index is 2.11. The first kappa shape index (κ1) is 14.4. The fraction of sp³-hybridized carbons (Fsp3) is 0.500. The van der Waals surface area contributed by atoms with E-state index < -0.39 is 28.8 Å². The normalized spacial score (nSPS) is 27.6. The van der Waals surface area contributed by atoms with Crippen molar-refractivity contribution in [3.8, 4) is 0 Å². The molecule has 19 heavy (non-hydrogen) atoms. The molecule has 0 amide bonds. The van der Waals surface area contributed by atoms with Crippen LogP contribution in [0.3, 0.4) is 0 Å². The summed E-state index contributed by atoms with van der Waals surface area (Å²) in [4.78, 5) is 0.0229. The minimum atomic E-state index is -3.97. The first-order valence-electron chi connectivity index (χ1n) is 5.78. The molecule has 0 spiro atoms. The zero-order valence-electron chi connectivity index (χ0n) is 10.6. The van der Waals surface area contributed by atoms with E-state index in [1.165, 1.54) is 19.2 Å². The maximum Gasteiger partial charge on any atom is 0.299 e. The van der Waals surface area contributed by atoms with Gasteiger partial charge in [-0.15, -0.1) is 0 Å². The lowest BCUT2D eigenvalue weighted by Crippen LogP contribution is -2.27. The highest BCUT2D eigenvalue weighted by Gasteiger charge is 2.38. The number of hydrogen-bond donors (Lipinski definition) is 1. The summed E-state index contributed by atoms with van der Waals surface area (Å²) in [5.41, 5.74) is 0.940. The summed E-state index contributed by atoms with van der Waals surface area (Å²) in [6.07, 6.45) is -2.76. The Morgan fingerprint density at radius 1 is 1.32 bits per heavy atom. The molecule has 3 atom stereocenters. The van der Waals surface area contributed by atoms with Crippen LogP contribution in [-0.4, -0.2) is 39.3 Å². The van der Waals surface area contributed by atoms with Crippen molar-refractivity contribution in [3.63, 3.8) is 0 Å². The molecule has 1 unspecified atom stereocenters. The van der Waals surface area contributed by atoms with Crippen molar-refractivity contribution in [2.45, 2.75) is 36.9 Å². The highest BCUT2D eigenvalue weighted by atomic mass is 32.2. The van der Waals surface area contributed by atoms with Gasteiger partial charge < -0.3 is 14.6 Å². The van der Waals surface area contributed by atoms with E-state index >= 15 is 0 Å². The number of rotatable bonds is 4. The Bertz CT molecular complexity index is 524. The molecule has 1 saturated heterocycles. The lowest BCUT2D eigenvalue weighted by molar-refractivity contribution is -0.173. The number of benzene rings is 1. The van der Waals surface area contributed by atoms with E-state index in [0.29, 0.717) is 0 Å². The van der Waals surface area contributed by atoms with Crippen molar-refractivity contribution in [1.29, 1.82) is 0 Å². The monoisotopic (exact) mass is 288 g/mol. The van der Waals surface area contributed by atoms with Crippen molar-refractivity contribution in [2.75, 3.05) is 7.11 Å². The standard InChI is InChI=1S/C12H16O6S/c1-8-3-5-9(6-4-8)19(14,15)18-12-10(13)7-11(16-2)17-12/h3-6,10-13H,7H2,1-2H3/t10-,11?,12+/m0/s1. The van der Waals surface area contributed by atoms with Crippen molar-refractivity contribution in [2.24, 2.45) is 0 Å². The van der Waals surface area contributed by atoms with Crippen LogP contribution in [0.1, 0.15) is 12.0 Å². The summed E-state index contributed by atoms with van der Waals surface area (Å²) in [7, 11) is -2.55. The predicted octanol–water partition coefficient (Wildman–Crippen LogP) is 0.780. The molecule has 2 rings (SSSR count). The Morgan fingerprint density at radius 3 is 2.47 bits per heavy atom. The van der Waals surface area contributed by atoms with Crippen LogP contribution in [0.25, 0.3) is 0 Å². The molecule has 1 fully saturated rings. The van der Waals surface area contributed by atoms with Crippen molar-refractivity contribution < 1.29 is 27.2 Å². The predicted molar refractivity (Wildman–Crippen MR) is 65.7 cm³/mol. The summed E-state index contributed by atoms with van der Waals surface area (Å²) in [6, 6.07) is 6.22. The third-order valence-electron chi connectivity index (χ3n) is 2.83. The summed E-state index contributed by atoms with van der Waals surface area (Å²) in [5, 5.41) is 9.65. The highest BCUT2D eigenvalue weighted by molar-refractivity contribution is 7.86. The zero-order chi connectivity index (χ0) is 14.0. The molecule has 7 heteroatoms. The van der Waals surface area contributed by atoms with Crippen LogP contribution in [0.4, 0.5) is 0 Å². The van der Waals surface area contributed by atoms with E-state index in [-0.39, 0.29) is 11.3 Å². The Labute approximate surface area is 112 Å². The van der Waals surface area contributed by atoms with E-state index in [2.05, 4.69) is 0 Å². The summed E-state index contributed by atoms with van der Waals surface area (Å²) in [6.45, 7) is 1.85. The second-order valence-corrected chi connectivity index (χ2v) is 5.91. The Morgan fingerprint density at radius 2 is 1.95 bits per heavy atom. The Hall–Kier alpha value is -0.990. The van der Waals surface area contributed by atoms with Crippen LogP contribution in [0.5, 0.6) is 0 Å². The van der Waals surface area contributed by atoms with Crippen molar-refractivity contribution in [1.82, 2.24) is 0 Å². The summed E-state index contributed by atoms with van der Waals surface area (Å²) in [5.74, 6) is 0. The summed E-state index contributed by atoms with van der Waals surface area (Å²) < 4.78 is 38.9. The van der Waals surface area contributed by atoms with E-state index in [1.54, 1.807) is 12.1 Å². The van der Waals surface area contributed by atoms with E-state index in [4.69, 9.17) is 13.7 Å². The van der Waals surface area contributed by atoms with Gasteiger partial charge in [-0.2, -0.15) is 8.42 Å². The van der Waals surface area contributed by atoms with Gasteiger partial charge in [0, 0.05) is 13.5 Å². The van der Waals surface area contributed by atoms with Crippen LogP contribution in [0.15, 0.2) is 29.2 Å². The smallest absolute Gasteiger partial charge is 0.299 e. The number of methoxy groups -OCH3 is 1. The third kappa shape index (κ3) is 3.31. The van der Waals surface area contributed by atoms with Gasteiger partial charge in [0.25, 0.3) is 10.1 Å². The molecule has 106 valence electrons. The lowest BCUT2D eigenvalue weighted by atomic mass is 10.2. The summed E-state index contributed by atoms with van der Waals surface area (Å²) >= 11 is 0. The molecule has 1 aliphatic heterocycles. The molecule has 1 N–H and O–H groups in total. The van der Waals surface area contributed by atoms with Crippen LogP contribution >= 0.6 is 0 Å². The second-order valence-electron chi connectivity index (χ2n) is 4.34. The fourth-order valence-corrected chi connectivity index (χ4v) is 2.73. The maximum absolute atomic E-state index is 12.0. The van der Waals surface area contributed by atoms with Gasteiger partial charge in [-0.25, -0.2) is 4.18 Å². The average Bonchev–Trinajstić information content (AvgIpc) is 2.70. The molecule has 0 aromatic heterocycles. The first-order valence-corrected chi connectivity index (χ1v) is 7.19. The molecule has 0 bridgehead atoms. The molecule has 1 heterocycles. The maximum atomic E-state index is 12.0. The zero-order valence-corrected chi connectivity index (χ0v) is 11.5. The average molecular weight is 288 g/mol. The molecular formula is C12H16O6S. The van der Waals surface area contributed by atoms with Gasteiger partial charge in [-0.3, -0.25) is 0 Å². The van der Waals surface area contributed by atoms with Crippen LogP contribution in [-0.2, 0) is 23.8 Å². The van der Waals surface area contributed by atoms with E-state index in [1.807, 2.05) is 6.92 Å². The topological polar surface area (TPSA) is 82.1 Å². The quantitative estimate of drug-likeness (QED) is 0.825. The Kier molecular flexibility index (Phi) is 4.22. The molecule has 6 nitrogen and oxygen atoms in total. The van der Waals surface area contributed by atoms with Crippen LogP contribution in [0, 0.1) is 6.92 Å². The third-order valence-corrected chi connectivity index (χ3v) is 4.12. The second kappa shape index (κ2) is 5.56. The van der Waals surface area contributed by atoms with Crippen LogP contribution in [0.2, 0.25) is 0 Å². The van der Waals surface area contributed by atoms with Crippen molar-refractivity contribution in [3.05, 3.63) is 29.8 Å². The molecule has 1 aromatic rings. The van der Waals surface area contributed by atoms with Gasteiger partial charge in [0.05, 0.1) is 4.90 Å². The first-order chi connectivity index (χ1) is 8.92. The number of aliphatic hydroxyl groups excluding tert-OH is 1. The van der Waals surface area contributed by atoms with Gasteiger partial charge in [-0.1, -0.05) is 17.7 Å². The molecule has 1 aromatic carbocycles. The highest BCUT2D eigenvalue weighted by Crippen LogP contribution is 2.25. The van der Waals surface area contributed by atoms with Gasteiger partial charge in [0.15, 0.2) is 6.29 Å². The van der Waals surface area contributed by atoms with Crippen LogP contribution < -0.4 is 0 Å². The fourth-order valence-electron chi connectivity index (χ4n) is 1.73. The SMILES string of the molecule is COC1C[C@H](O)[C@@H](OS(=O)(=O)c2ccc(C)cc2)O1. The van der Waals surface area contributed by atoms with Crippen molar-refractivity contribution >= 4 is 10.1 Å². The van der Waals surface area contributed by atoms with Gasteiger partial charge in [0.1, 0.15) is 6.10 Å². The number of hydrogen-bond acceptors (Lipinski definition) is 6. The number of aryl methyl sites for hydroxylation is 1. The minimum absolute atomic E-state index is 0.0229. The molecule has 1 aliphatic rings. The molecule has 0 aliphatic carbocycles.